The molecule has 0 aromatic heterocycles. The summed E-state index contributed by atoms with van der Waals surface area (Å²) in [4.78, 5) is 47.2. The molecule has 0 bridgehead atoms. The van der Waals surface area contributed by atoms with Crippen molar-refractivity contribution in [3.63, 3.8) is 0 Å². The topological polar surface area (TPSA) is 105 Å². The lowest BCUT2D eigenvalue weighted by Crippen LogP contribution is -2.15. The standard InChI is InChI=1S/C28H46O4.C12H22O4/c1-3-5-7-9-11-13-15-19-23-31-27(29)25-21-17-18-22-26(25)28(30)32-24-20-16-14-12-10-8-6-4-2;1-3-5-9-15-11(13)7-8-12(14)16-10-6-4-2/h17-18,21-22H,3-16,19-20,23-24H2,1-2H3;3-10H2,1-2H3. The van der Waals surface area contributed by atoms with Gasteiger partial charge in [-0.1, -0.05) is 143 Å². The predicted octanol–water partition coefficient (Wildman–Crippen LogP) is 10.7. The summed E-state index contributed by atoms with van der Waals surface area (Å²) >= 11 is 0. The van der Waals surface area contributed by atoms with Gasteiger partial charge in [0, 0.05) is 0 Å². The number of ether oxygens (including phenoxy) is 4. The third kappa shape index (κ3) is 27.1. The first-order chi connectivity index (χ1) is 23.4. The van der Waals surface area contributed by atoms with E-state index < -0.39 is 11.9 Å². The SMILES string of the molecule is CCCCCCCCCCOC(=O)c1ccccc1C(=O)OCCCCCCCCCC.CCCCOC(=O)CCC(=O)OCCCC. The van der Waals surface area contributed by atoms with Crippen LogP contribution in [0.1, 0.15) is 190 Å². The van der Waals surface area contributed by atoms with Crippen LogP contribution in [0.5, 0.6) is 0 Å². The lowest BCUT2D eigenvalue weighted by Gasteiger charge is -2.10. The van der Waals surface area contributed by atoms with E-state index in [1.165, 1.54) is 77.0 Å². The summed E-state index contributed by atoms with van der Waals surface area (Å²) in [5, 5.41) is 0. The Morgan fingerprint density at radius 2 is 0.688 bits per heavy atom. The molecule has 0 saturated heterocycles. The van der Waals surface area contributed by atoms with Crippen molar-refractivity contribution >= 4 is 23.9 Å². The average Bonchev–Trinajstić information content (AvgIpc) is 3.09. The van der Waals surface area contributed by atoms with Crippen molar-refractivity contribution in [1.29, 1.82) is 0 Å². The fourth-order valence-corrected chi connectivity index (χ4v) is 4.81. The van der Waals surface area contributed by atoms with E-state index >= 15 is 0 Å². The first kappa shape index (κ1) is 45.1. The molecule has 0 N–H and O–H groups in total. The van der Waals surface area contributed by atoms with Crippen LogP contribution < -0.4 is 0 Å². The zero-order valence-electron chi connectivity index (χ0n) is 31.0. The second-order valence-corrected chi connectivity index (χ2v) is 12.4. The highest BCUT2D eigenvalue weighted by atomic mass is 16.5. The van der Waals surface area contributed by atoms with E-state index in [9.17, 15) is 19.2 Å². The number of carbonyl (C=O) groups excluding carboxylic acids is 4. The van der Waals surface area contributed by atoms with Crippen LogP contribution in [0, 0.1) is 0 Å². The molecule has 1 rings (SSSR count). The fourth-order valence-electron chi connectivity index (χ4n) is 4.81. The summed E-state index contributed by atoms with van der Waals surface area (Å²) in [6.45, 7) is 10.2. The monoisotopic (exact) mass is 676 g/mol. The molecule has 1 aromatic rings. The molecule has 0 saturated carbocycles. The van der Waals surface area contributed by atoms with E-state index in [2.05, 4.69) is 13.8 Å². The van der Waals surface area contributed by atoms with Gasteiger partial charge in [0.2, 0.25) is 0 Å². The molecule has 8 heteroatoms. The molecule has 0 radical (unpaired) electrons. The Morgan fingerprint density at radius 3 is 1.02 bits per heavy atom. The lowest BCUT2D eigenvalue weighted by molar-refractivity contribution is -0.150. The third-order valence-electron chi connectivity index (χ3n) is 7.88. The van der Waals surface area contributed by atoms with Gasteiger partial charge in [-0.2, -0.15) is 0 Å². The van der Waals surface area contributed by atoms with Gasteiger partial charge in [0.1, 0.15) is 0 Å². The maximum Gasteiger partial charge on any atom is 0.339 e. The molecule has 0 spiro atoms. The van der Waals surface area contributed by atoms with Crippen molar-refractivity contribution in [2.75, 3.05) is 26.4 Å². The Kier molecular flexibility index (Phi) is 31.9. The van der Waals surface area contributed by atoms with Crippen molar-refractivity contribution in [3.05, 3.63) is 35.4 Å². The number of carbonyl (C=O) groups is 4. The van der Waals surface area contributed by atoms with Crippen LogP contribution in [-0.4, -0.2) is 50.3 Å². The van der Waals surface area contributed by atoms with Crippen LogP contribution in [-0.2, 0) is 28.5 Å². The lowest BCUT2D eigenvalue weighted by atomic mass is 10.1. The van der Waals surface area contributed by atoms with Crippen molar-refractivity contribution in [1.82, 2.24) is 0 Å². The summed E-state index contributed by atoms with van der Waals surface area (Å²) < 4.78 is 20.7. The number of hydrogen-bond donors (Lipinski definition) is 0. The van der Waals surface area contributed by atoms with Gasteiger partial charge in [-0.3, -0.25) is 9.59 Å². The summed E-state index contributed by atoms with van der Waals surface area (Å²) in [5.41, 5.74) is 0.598. The molecule has 0 atom stereocenters. The number of rotatable bonds is 29. The molecule has 0 aliphatic carbocycles. The molecular formula is C40H68O8. The molecule has 48 heavy (non-hydrogen) atoms. The molecule has 276 valence electrons. The smallest absolute Gasteiger partial charge is 0.339 e. The summed E-state index contributed by atoms with van der Waals surface area (Å²) in [7, 11) is 0. The maximum atomic E-state index is 12.5. The van der Waals surface area contributed by atoms with E-state index in [0.29, 0.717) is 37.6 Å². The Morgan fingerprint density at radius 1 is 0.396 bits per heavy atom. The van der Waals surface area contributed by atoms with Crippen LogP contribution in [0.15, 0.2) is 24.3 Å². The highest BCUT2D eigenvalue weighted by Gasteiger charge is 2.18. The molecule has 0 aliphatic heterocycles. The van der Waals surface area contributed by atoms with E-state index in [1.54, 1.807) is 24.3 Å². The molecule has 8 nitrogen and oxygen atoms in total. The third-order valence-corrected chi connectivity index (χ3v) is 7.88. The van der Waals surface area contributed by atoms with E-state index in [0.717, 1.165) is 51.4 Å². The van der Waals surface area contributed by atoms with Gasteiger partial charge in [0.25, 0.3) is 0 Å². The van der Waals surface area contributed by atoms with Crippen LogP contribution in [0.4, 0.5) is 0 Å². The summed E-state index contributed by atoms with van der Waals surface area (Å²) in [5.74, 6) is -1.51. The van der Waals surface area contributed by atoms with Gasteiger partial charge in [-0.25, -0.2) is 9.59 Å². The minimum Gasteiger partial charge on any atom is -0.466 e. The minimum atomic E-state index is -0.437. The second kappa shape index (κ2) is 34.0. The van der Waals surface area contributed by atoms with Gasteiger partial charge in [-0.05, 0) is 37.8 Å². The van der Waals surface area contributed by atoms with E-state index in [1.807, 2.05) is 13.8 Å². The first-order valence-electron chi connectivity index (χ1n) is 19.2. The maximum absolute atomic E-state index is 12.5. The number of esters is 4. The molecule has 0 fully saturated rings. The minimum absolute atomic E-state index is 0.120. The van der Waals surface area contributed by atoms with E-state index in [-0.39, 0.29) is 24.8 Å². The summed E-state index contributed by atoms with van der Waals surface area (Å²) in [6.07, 6.45) is 23.1. The normalized spacial score (nSPS) is 10.5. The van der Waals surface area contributed by atoms with Crippen molar-refractivity contribution in [3.8, 4) is 0 Å². The summed E-state index contributed by atoms with van der Waals surface area (Å²) in [6, 6.07) is 6.79. The molecule has 0 amide bonds. The molecule has 0 unspecified atom stereocenters. The Labute approximate surface area is 292 Å². The van der Waals surface area contributed by atoms with Crippen LogP contribution in [0.2, 0.25) is 0 Å². The van der Waals surface area contributed by atoms with Gasteiger partial charge >= 0.3 is 23.9 Å². The quantitative estimate of drug-likeness (QED) is 0.0469. The number of unbranched alkanes of at least 4 members (excludes halogenated alkanes) is 16. The van der Waals surface area contributed by atoms with Crippen molar-refractivity contribution in [2.45, 2.75) is 169 Å². The predicted molar refractivity (Wildman–Crippen MR) is 193 cm³/mol. The van der Waals surface area contributed by atoms with E-state index in [4.69, 9.17) is 18.9 Å². The fraction of sp³-hybridized carbons (Fsp3) is 0.750. The van der Waals surface area contributed by atoms with Crippen LogP contribution >= 0.6 is 0 Å². The molecule has 1 aromatic carbocycles. The highest BCUT2D eigenvalue weighted by Crippen LogP contribution is 2.14. The molecule has 0 heterocycles. The Hall–Kier alpha value is -2.90. The highest BCUT2D eigenvalue weighted by molar-refractivity contribution is 6.03. The van der Waals surface area contributed by atoms with Gasteiger partial charge < -0.3 is 18.9 Å². The molecule has 0 aliphatic rings. The first-order valence-corrected chi connectivity index (χ1v) is 19.2. The number of benzene rings is 1. The van der Waals surface area contributed by atoms with Crippen LogP contribution in [0.3, 0.4) is 0 Å². The average molecular weight is 677 g/mol. The van der Waals surface area contributed by atoms with Gasteiger partial charge in [-0.15, -0.1) is 0 Å². The Balaban J connectivity index is 0.00000116. The van der Waals surface area contributed by atoms with Gasteiger partial charge in [0.15, 0.2) is 0 Å². The van der Waals surface area contributed by atoms with Crippen molar-refractivity contribution in [2.24, 2.45) is 0 Å². The largest absolute Gasteiger partial charge is 0.466 e. The zero-order chi connectivity index (χ0) is 35.5. The van der Waals surface area contributed by atoms with Crippen LogP contribution in [0.25, 0.3) is 0 Å². The van der Waals surface area contributed by atoms with Gasteiger partial charge in [0.05, 0.1) is 50.4 Å². The number of hydrogen-bond acceptors (Lipinski definition) is 8. The Bertz CT molecular complexity index is 870. The zero-order valence-corrected chi connectivity index (χ0v) is 31.0. The molecular weight excluding hydrogens is 608 g/mol. The second-order valence-electron chi connectivity index (χ2n) is 12.4. The van der Waals surface area contributed by atoms with Crippen molar-refractivity contribution < 1.29 is 38.1 Å².